The first-order valence-corrected chi connectivity index (χ1v) is 33.9. The minimum absolute atomic E-state index is 0.000495. The lowest BCUT2D eigenvalue weighted by Crippen LogP contribution is -2.65. The minimum Gasteiger partial charge on any atom is -0.394 e. The van der Waals surface area contributed by atoms with Crippen molar-refractivity contribution >= 4 is 41.2 Å². The molecule has 5 heterocycles. The molecule has 0 unspecified atom stereocenters. The number of rotatable bonds is 41. The summed E-state index contributed by atoms with van der Waals surface area (Å²) < 4.78 is 54.8. The van der Waals surface area contributed by atoms with Crippen LogP contribution in [0.15, 0.2) is 0 Å². The van der Waals surface area contributed by atoms with E-state index in [-0.39, 0.29) is 75.7 Å². The molecule has 0 saturated carbocycles. The van der Waals surface area contributed by atoms with E-state index in [0.717, 1.165) is 4.90 Å². The lowest BCUT2D eigenvalue weighted by Gasteiger charge is -2.46. The molecule has 0 spiro atoms. The first-order chi connectivity index (χ1) is 48.4. The fraction of sp³-hybridized carbons (Fsp3) is 0.885. The molecule has 41 heteroatoms. The number of ketones is 1. The number of imide groups is 1. The maximum atomic E-state index is 13.2. The molecule has 5 saturated heterocycles. The van der Waals surface area contributed by atoms with Crippen molar-refractivity contribution < 1.29 is 168 Å². The first-order valence-electron chi connectivity index (χ1n) is 33.9. The van der Waals surface area contributed by atoms with Gasteiger partial charge in [0.25, 0.3) is 0 Å². The Morgan fingerprint density at radius 3 is 1.33 bits per heavy atom. The highest BCUT2D eigenvalue weighted by Gasteiger charge is 2.53. The lowest BCUT2D eigenvalue weighted by atomic mass is 9.96. The Kier molecular flexibility index (Phi) is 41.1. The second kappa shape index (κ2) is 46.6. The zero-order chi connectivity index (χ0) is 75.9. The van der Waals surface area contributed by atoms with Crippen LogP contribution in [0, 0.1) is 0 Å². The molecule has 0 aromatic carbocycles. The number of carbonyl (C=O) groups excluding carboxylic acids is 7. The van der Waals surface area contributed by atoms with Gasteiger partial charge < -0.3 is 161 Å². The van der Waals surface area contributed by atoms with Gasteiger partial charge in [0.15, 0.2) is 31.5 Å². The Hall–Kier alpha value is -4.47. The molecule has 0 radical (unpaired) electrons. The molecule has 5 rings (SSSR count). The van der Waals surface area contributed by atoms with Crippen LogP contribution in [-0.2, 0) is 80.9 Å². The van der Waals surface area contributed by atoms with Gasteiger partial charge >= 0.3 is 0 Å². The number of Topliss-reactive ketones (excluding diaryl/α,β-unsaturated/α-hetero) is 1. The van der Waals surface area contributed by atoms with Crippen molar-refractivity contribution in [3.63, 3.8) is 0 Å². The Morgan fingerprint density at radius 2 is 0.824 bits per heavy atom. The lowest BCUT2D eigenvalue weighted by molar-refractivity contribution is -0.366. The van der Waals surface area contributed by atoms with E-state index >= 15 is 0 Å². The standard InChI is InChI=1S/C42H75N5O25.C19H34N2O9/c1-3-43-23(50)7-5-4-6-8-44-24(51)13-47(14-25(52)45-9-11-65-39-34(61)31(58)27(54)19(2)68-39)15-26(53)46-10-12-66-41-37(64)38(72-42-36(63)33(60)29(56)21(17-49)70-42)30(57)22(71-41)18-67-40-35(62)32(59)28(55)20(16-48)69-40;1-20-10-15(25)21(2)14(24)8-4-3-6-12(23)7-5-9-29-19-18(28)17(27)16(26)13(11-22)30-19/h19-22,27-42,48-49,54-64H,3-18H2,1-2H3,(H,43,50)(H,44,51)(H,45,52)(H,46,53);13,16-20,22,26-28H,3-11H2,1-2H3/t19-,20+,21+,22+,27+,28+,29+,30+,31+,32-,33-,34-,35-,36-,37-,38-,39+,40-,41+,42+;13-,16-,17+,18+,19-/m01/s1. The number of amides is 6. The third kappa shape index (κ3) is 28.3. The van der Waals surface area contributed by atoms with Crippen LogP contribution in [0.1, 0.15) is 78.1 Å². The number of likely N-dealkylation sites (N-methyl/N-ethyl adjacent to an activating group) is 2. The Morgan fingerprint density at radius 1 is 0.402 bits per heavy atom. The van der Waals surface area contributed by atoms with Gasteiger partial charge in [0, 0.05) is 58.9 Å². The van der Waals surface area contributed by atoms with E-state index in [1.807, 2.05) is 6.92 Å². The highest BCUT2D eigenvalue weighted by atomic mass is 16.8. The van der Waals surface area contributed by atoms with E-state index in [0.29, 0.717) is 57.9 Å². The van der Waals surface area contributed by atoms with E-state index in [2.05, 4.69) is 26.6 Å². The van der Waals surface area contributed by atoms with Gasteiger partial charge in [0.05, 0.1) is 78.5 Å². The van der Waals surface area contributed by atoms with Crippen LogP contribution in [0.3, 0.4) is 0 Å². The Balaban J connectivity index is 0.000000612. The average Bonchev–Trinajstić information content (AvgIpc) is 0.789. The summed E-state index contributed by atoms with van der Waals surface area (Å²) >= 11 is 0. The van der Waals surface area contributed by atoms with Crippen LogP contribution < -0.4 is 26.6 Å². The van der Waals surface area contributed by atoms with Crippen molar-refractivity contribution in [1.82, 2.24) is 36.4 Å². The van der Waals surface area contributed by atoms with Gasteiger partial charge in [-0.1, -0.05) is 6.42 Å². The Labute approximate surface area is 588 Å². The largest absolute Gasteiger partial charge is 0.394 e. The van der Waals surface area contributed by atoms with E-state index in [9.17, 15) is 115 Å². The van der Waals surface area contributed by atoms with Crippen LogP contribution in [0.25, 0.3) is 0 Å². The van der Waals surface area contributed by atoms with Crippen molar-refractivity contribution in [2.45, 2.75) is 232 Å². The number of aliphatic hydroxyl groups excluding tert-OH is 17. The third-order valence-electron chi connectivity index (χ3n) is 17.1. The molecule has 6 amide bonds. The van der Waals surface area contributed by atoms with Crippen LogP contribution in [0.2, 0.25) is 0 Å². The maximum Gasteiger partial charge on any atom is 0.242 e. The van der Waals surface area contributed by atoms with Crippen molar-refractivity contribution in [3.05, 3.63) is 0 Å². The summed E-state index contributed by atoms with van der Waals surface area (Å²) in [4.78, 5) is 88.6. The molecule has 5 fully saturated rings. The molecule has 0 aromatic heterocycles. The van der Waals surface area contributed by atoms with E-state index in [4.69, 9.17) is 52.5 Å². The molecule has 5 aliphatic rings. The van der Waals surface area contributed by atoms with Crippen LogP contribution in [0.4, 0.5) is 0 Å². The number of aliphatic hydroxyl groups is 17. The second-order valence-electron chi connectivity index (χ2n) is 25.0. The summed E-state index contributed by atoms with van der Waals surface area (Å²) in [5, 5.41) is 186. The summed E-state index contributed by atoms with van der Waals surface area (Å²) in [5.74, 6) is -2.55. The molecule has 22 N–H and O–H groups in total. The summed E-state index contributed by atoms with van der Waals surface area (Å²) in [6.07, 6.45) is -35.4. The second-order valence-corrected chi connectivity index (χ2v) is 25.0. The zero-order valence-corrected chi connectivity index (χ0v) is 57.5. The normalized spacial score (nSPS) is 34.0. The Bertz CT molecular complexity index is 2490. The summed E-state index contributed by atoms with van der Waals surface area (Å²) in [6, 6.07) is 0. The SMILES string of the molecule is CCNC(=O)CCCCCNC(=O)CN(CC(=O)NCCO[C@@H]1O[C@@H](C)[C@@H](O)[C@@H](O)[C@@H]1O)CC(=O)NCCO[C@@H]1O[C@H](CO[C@H]2O[C@H](CO)[C@@H](O)[C@H](O)[C@@H]2O)[C@@H](O)[C@H](O[C@H]2O[C@H](CO)[C@@H](O)[C@H](O)[C@@H]2O)[C@@H]1O.CNCC(=O)N(C)C(=O)CCCCC(=O)CCCO[C@@H]1O[C@H](CO)[C@@H](O)[C@H](O)[C@@H]1O. The van der Waals surface area contributed by atoms with E-state index in [1.54, 1.807) is 7.05 Å². The summed E-state index contributed by atoms with van der Waals surface area (Å²) in [7, 11) is 3.05. The van der Waals surface area contributed by atoms with Gasteiger partial charge in [-0.3, -0.25) is 43.4 Å². The average molecular weight is 1480 g/mol. The van der Waals surface area contributed by atoms with Crippen molar-refractivity contribution in [1.29, 1.82) is 0 Å². The number of carbonyl (C=O) groups is 7. The smallest absolute Gasteiger partial charge is 0.242 e. The van der Waals surface area contributed by atoms with Crippen LogP contribution in [-0.4, -0.2) is 404 Å². The monoisotopic (exact) mass is 1480 g/mol. The molecule has 592 valence electrons. The number of hydrogen-bond donors (Lipinski definition) is 22. The van der Waals surface area contributed by atoms with Crippen LogP contribution in [0.5, 0.6) is 0 Å². The number of nitrogens with one attached hydrogen (secondary N) is 5. The predicted molar refractivity (Wildman–Crippen MR) is 340 cm³/mol. The van der Waals surface area contributed by atoms with Gasteiger partial charge in [-0.25, -0.2) is 0 Å². The minimum atomic E-state index is -1.97. The zero-order valence-electron chi connectivity index (χ0n) is 57.5. The molecular weight excluding hydrogens is 1370 g/mol. The molecule has 5 aliphatic heterocycles. The van der Waals surface area contributed by atoms with Gasteiger partial charge in [-0.2, -0.15) is 0 Å². The quantitative estimate of drug-likeness (QED) is 0.0253. The van der Waals surface area contributed by atoms with Gasteiger partial charge in [-0.05, 0) is 53.0 Å². The maximum absolute atomic E-state index is 13.2. The number of ether oxygens (including phenoxy) is 10. The molecule has 41 nitrogen and oxygen atoms in total. The molecule has 102 heavy (non-hydrogen) atoms. The summed E-state index contributed by atoms with van der Waals surface area (Å²) in [6.45, 7) is -1.10. The molecule has 0 bridgehead atoms. The molecule has 25 atom stereocenters. The fourth-order valence-electron chi connectivity index (χ4n) is 11.0. The first kappa shape index (κ1) is 89.9. The number of unbranched alkanes of at least 4 members (excludes halogenated alkanes) is 3. The topological polar surface area (TPSA) is 622 Å². The fourth-order valence-corrected chi connectivity index (χ4v) is 11.0. The van der Waals surface area contributed by atoms with Gasteiger partial charge in [0.1, 0.15) is 122 Å². The van der Waals surface area contributed by atoms with Crippen LogP contribution >= 0.6 is 0 Å². The van der Waals surface area contributed by atoms with E-state index in [1.165, 1.54) is 18.9 Å². The van der Waals surface area contributed by atoms with Crippen molar-refractivity contribution in [2.75, 3.05) is 113 Å². The number of hydrogen-bond acceptors (Lipinski definition) is 36. The van der Waals surface area contributed by atoms with E-state index < -0.39 is 224 Å². The molecule has 0 aromatic rings. The molecular formula is C61H109N7O34. The summed E-state index contributed by atoms with van der Waals surface area (Å²) in [5.41, 5.74) is 0. The third-order valence-corrected chi connectivity index (χ3v) is 17.1. The van der Waals surface area contributed by atoms with Crippen molar-refractivity contribution in [3.8, 4) is 0 Å². The van der Waals surface area contributed by atoms with Crippen molar-refractivity contribution in [2.24, 2.45) is 0 Å². The van der Waals surface area contributed by atoms with Gasteiger partial charge in [0.2, 0.25) is 35.4 Å². The predicted octanol–water partition coefficient (Wildman–Crippen LogP) is -12.4. The highest BCUT2D eigenvalue weighted by molar-refractivity contribution is 5.95. The highest BCUT2D eigenvalue weighted by Crippen LogP contribution is 2.32. The number of nitrogens with zero attached hydrogens (tertiary/aromatic N) is 2. The molecule has 0 aliphatic carbocycles. The van der Waals surface area contributed by atoms with Gasteiger partial charge in [-0.15, -0.1) is 0 Å².